The molecule has 1 heterocycles. The summed E-state index contributed by atoms with van der Waals surface area (Å²) in [5.41, 5.74) is 2.45. The average molecular weight is 392 g/mol. The first-order valence-corrected chi connectivity index (χ1v) is 9.01. The summed E-state index contributed by atoms with van der Waals surface area (Å²) in [5.74, 6) is -1.15. The fourth-order valence-electron chi connectivity index (χ4n) is 2.96. The number of carbonyl (C=O) groups is 3. The number of rotatable bonds is 6. The van der Waals surface area contributed by atoms with Crippen LogP contribution in [0.3, 0.4) is 0 Å². The van der Waals surface area contributed by atoms with Gasteiger partial charge < -0.3 is 14.8 Å². The van der Waals surface area contributed by atoms with Crippen molar-refractivity contribution in [1.82, 2.24) is 4.98 Å². The molecule has 0 aliphatic heterocycles. The van der Waals surface area contributed by atoms with Crippen LogP contribution in [0.5, 0.6) is 0 Å². The Morgan fingerprint density at radius 2 is 1.79 bits per heavy atom. The Morgan fingerprint density at radius 3 is 2.48 bits per heavy atom. The van der Waals surface area contributed by atoms with Crippen LogP contribution >= 0.6 is 0 Å². The van der Waals surface area contributed by atoms with Gasteiger partial charge in [0, 0.05) is 22.8 Å². The SMILES string of the molecule is CCOC(=O)c1cnc2c(C(=O)OC)cccc2c1Nc1cccc(C(C)=O)c1. The number of hydrogen-bond donors (Lipinski definition) is 1. The molecule has 3 rings (SSSR count). The second-order valence-electron chi connectivity index (χ2n) is 6.22. The van der Waals surface area contributed by atoms with Gasteiger partial charge in [-0.1, -0.05) is 24.3 Å². The highest BCUT2D eigenvalue weighted by molar-refractivity contribution is 6.11. The number of carbonyl (C=O) groups excluding carboxylic acids is 3. The van der Waals surface area contributed by atoms with Crippen molar-refractivity contribution in [2.24, 2.45) is 0 Å². The van der Waals surface area contributed by atoms with Gasteiger partial charge in [-0.15, -0.1) is 0 Å². The fourth-order valence-corrected chi connectivity index (χ4v) is 2.96. The summed E-state index contributed by atoms with van der Waals surface area (Å²) in [6, 6.07) is 11.9. The van der Waals surface area contributed by atoms with Gasteiger partial charge in [-0.25, -0.2) is 9.59 Å². The average Bonchev–Trinajstić information content (AvgIpc) is 2.73. The van der Waals surface area contributed by atoms with E-state index in [1.807, 2.05) is 0 Å². The molecular formula is C22H20N2O5. The number of aromatic nitrogens is 1. The predicted molar refractivity (Wildman–Crippen MR) is 109 cm³/mol. The van der Waals surface area contributed by atoms with Crippen molar-refractivity contribution in [3.63, 3.8) is 0 Å². The zero-order valence-electron chi connectivity index (χ0n) is 16.3. The lowest BCUT2D eigenvalue weighted by Gasteiger charge is -2.15. The molecule has 0 bridgehead atoms. The molecule has 7 heteroatoms. The molecule has 0 radical (unpaired) electrons. The monoisotopic (exact) mass is 392 g/mol. The van der Waals surface area contributed by atoms with Crippen molar-refractivity contribution in [3.05, 3.63) is 65.4 Å². The van der Waals surface area contributed by atoms with Crippen LogP contribution in [0.4, 0.5) is 11.4 Å². The summed E-state index contributed by atoms with van der Waals surface area (Å²) in [6.07, 6.45) is 1.37. The highest BCUT2D eigenvalue weighted by atomic mass is 16.5. The number of nitrogens with one attached hydrogen (secondary N) is 1. The number of nitrogens with zero attached hydrogens (tertiary/aromatic N) is 1. The maximum atomic E-state index is 12.5. The quantitative estimate of drug-likeness (QED) is 0.497. The maximum absolute atomic E-state index is 12.5. The van der Waals surface area contributed by atoms with Gasteiger partial charge in [-0.05, 0) is 32.0 Å². The molecule has 1 aromatic heterocycles. The lowest BCUT2D eigenvalue weighted by molar-refractivity contribution is 0.0526. The van der Waals surface area contributed by atoms with Gasteiger partial charge in [-0.3, -0.25) is 9.78 Å². The molecule has 29 heavy (non-hydrogen) atoms. The zero-order valence-corrected chi connectivity index (χ0v) is 16.3. The van der Waals surface area contributed by atoms with Crippen molar-refractivity contribution < 1.29 is 23.9 Å². The molecule has 2 aromatic carbocycles. The Hall–Kier alpha value is -3.74. The second kappa shape index (κ2) is 8.52. The number of anilines is 2. The molecule has 1 N–H and O–H groups in total. The molecule has 0 unspecified atom stereocenters. The molecule has 3 aromatic rings. The van der Waals surface area contributed by atoms with E-state index < -0.39 is 11.9 Å². The van der Waals surface area contributed by atoms with Crippen LogP contribution in [0.2, 0.25) is 0 Å². The predicted octanol–water partition coefficient (Wildman–Crippen LogP) is 4.14. The summed E-state index contributed by atoms with van der Waals surface area (Å²) in [6.45, 7) is 3.40. The number of methoxy groups -OCH3 is 1. The first kappa shape index (κ1) is 20.0. The van der Waals surface area contributed by atoms with E-state index in [9.17, 15) is 14.4 Å². The highest BCUT2D eigenvalue weighted by Crippen LogP contribution is 2.31. The van der Waals surface area contributed by atoms with E-state index in [0.29, 0.717) is 27.8 Å². The Bertz CT molecular complexity index is 1110. The number of pyridine rings is 1. The van der Waals surface area contributed by atoms with Gasteiger partial charge in [0.1, 0.15) is 5.56 Å². The van der Waals surface area contributed by atoms with Crippen LogP contribution in [0.1, 0.15) is 44.9 Å². The molecule has 0 aliphatic carbocycles. The van der Waals surface area contributed by atoms with Crippen LogP contribution in [0.15, 0.2) is 48.7 Å². The van der Waals surface area contributed by atoms with Crippen molar-refractivity contribution >= 4 is 40.0 Å². The van der Waals surface area contributed by atoms with Gasteiger partial charge in [0.2, 0.25) is 0 Å². The Labute approximate surface area is 167 Å². The molecule has 0 atom stereocenters. The van der Waals surface area contributed by atoms with Crippen molar-refractivity contribution in [2.45, 2.75) is 13.8 Å². The fraction of sp³-hybridized carbons (Fsp3) is 0.182. The maximum Gasteiger partial charge on any atom is 0.341 e. The number of esters is 2. The van der Waals surface area contributed by atoms with Crippen LogP contribution in [0.25, 0.3) is 10.9 Å². The molecular weight excluding hydrogens is 372 g/mol. The number of benzene rings is 2. The number of ether oxygens (including phenoxy) is 2. The zero-order chi connectivity index (χ0) is 21.0. The van der Waals surface area contributed by atoms with E-state index in [0.717, 1.165) is 0 Å². The Kier molecular flexibility index (Phi) is 5.87. The molecule has 0 saturated heterocycles. The van der Waals surface area contributed by atoms with Crippen molar-refractivity contribution in [2.75, 3.05) is 19.0 Å². The minimum atomic E-state index is -0.546. The van der Waals surface area contributed by atoms with Gasteiger partial charge in [-0.2, -0.15) is 0 Å². The molecule has 7 nitrogen and oxygen atoms in total. The minimum Gasteiger partial charge on any atom is -0.465 e. The number of para-hydroxylation sites is 1. The topological polar surface area (TPSA) is 94.6 Å². The van der Waals surface area contributed by atoms with Crippen LogP contribution in [-0.4, -0.2) is 36.4 Å². The summed E-state index contributed by atoms with van der Waals surface area (Å²) in [4.78, 5) is 40.6. The largest absolute Gasteiger partial charge is 0.465 e. The third-order valence-electron chi connectivity index (χ3n) is 4.34. The molecule has 0 spiro atoms. The molecule has 0 aliphatic rings. The van der Waals surface area contributed by atoms with Crippen LogP contribution in [0, 0.1) is 0 Å². The summed E-state index contributed by atoms with van der Waals surface area (Å²) < 4.78 is 9.98. The van der Waals surface area contributed by atoms with E-state index in [2.05, 4.69) is 10.3 Å². The lowest BCUT2D eigenvalue weighted by atomic mass is 10.0. The first-order valence-electron chi connectivity index (χ1n) is 9.01. The third kappa shape index (κ3) is 4.08. The van der Waals surface area contributed by atoms with E-state index in [1.54, 1.807) is 49.4 Å². The first-order chi connectivity index (χ1) is 14.0. The third-order valence-corrected chi connectivity index (χ3v) is 4.34. The number of Topliss-reactive ketones (excluding diaryl/α,β-unsaturated/α-hetero) is 1. The van der Waals surface area contributed by atoms with E-state index in [4.69, 9.17) is 9.47 Å². The van der Waals surface area contributed by atoms with E-state index >= 15 is 0 Å². The standard InChI is InChI=1S/C22H20N2O5/c1-4-29-22(27)18-12-23-19-16(9-6-10-17(19)21(26)28-3)20(18)24-15-8-5-7-14(11-15)13(2)25/h5-12H,4H2,1-3H3,(H,23,24). The van der Waals surface area contributed by atoms with Crippen molar-refractivity contribution in [3.8, 4) is 0 Å². The molecule has 0 fully saturated rings. The second-order valence-corrected chi connectivity index (χ2v) is 6.22. The molecule has 0 amide bonds. The Balaban J connectivity index is 2.21. The van der Waals surface area contributed by atoms with E-state index in [1.165, 1.54) is 20.2 Å². The van der Waals surface area contributed by atoms with Crippen LogP contribution < -0.4 is 5.32 Å². The summed E-state index contributed by atoms with van der Waals surface area (Å²) in [5, 5.41) is 3.74. The molecule has 0 saturated carbocycles. The number of hydrogen-bond acceptors (Lipinski definition) is 7. The molecule has 148 valence electrons. The number of fused-ring (bicyclic) bond motifs is 1. The summed E-state index contributed by atoms with van der Waals surface area (Å²) in [7, 11) is 1.29. The van der Waals surface area contributed by atoms with Gasteiger partial charge in [0.25, 0.3) is 0 Å². The van der Waals surface area contributed by atoms with Gasteiger partial charge in [0.15, 0.2) is 5.78 Å². The minimum absolute atomic E-state index is 0.0770. The van der Waals surface area contributed by atoms with E-state index in [-0.39, 0.29) is 23.5 Å². The number of ketones is 1. The smallest absolute Gasteiger partial charge is 0.341 e. The summed E-state index contributed by atoms with van der Waals surface area (Å²) >= 11 is 0. The normalized spacial score (nSPS) is 10.4. The van der Waals surface area contributed by atoms with Gasteiger partial charge in [0.05, 0.1) is 30.5 Å². The lowest BCUT2D eigenvalue weighted by Crippen LogP contribution is -2.11. The highest BCUT2D eigenvalue weighted by Gasteiger charge is 2.20. The van der Waals surface area contributed by atoms with Crippen LogP contribution in [-0.2, 0) is 9.47 Å². The Morgan fingerprint density at radius 1 is 1.03 bits per heavy atom. The van der Waals surface area contributed by atoms with Crippen molar-refractivity contribution in [1.29, 1.82) is 0 Å². The van der Waals surface area contributed by atoms with Gasteiger partial charge >= 0.3 is 11.9 Å².